The second-order valence-corrected chi connectivity index (χ2v) is 6.82. The Morgan fingerprint density at radius 3 is 2.67 bits per heavy atom. The van der Waals surface area contributed by atoms with Crippen molar-refractivity contribution in [3.05, 3.63) is 35.6 Å². The molecule has 1 aromatic carbocycles. The molecule has 150 valence electrons. The number of alkyl halides is 3. The van der Waals surface area contributed by atoms with E-state index in [-0.39, 0.29) is 42.9 Å². The molecule has 27 heavy (non-hydrogen) atoms. The minimum absolute atomic E-state index is 0. The van der Waals surface area contributed by atoms with E-state index < -0.39 is 12.1 Å². The van der Waals surface area contributed by atoms with Gasteiger partial charge in [-0.15, -0.1) is 24.0 Å². The summed E-state index contributed by atoms with van der Waals surface area (Å²) in [5.41, 5.74) is 1.88. The van der Waals surface area contributed by atoms with E-state index >= 15 is 0 Å². The molecule has 0 spiro atoms. The van der Waals surface area contributed by atoms with Gasteiger partial charge in [0.15, 0.2) is 5.96 Å². The van der Waals surface area contributed by atoms with Gasteiger partial charge in [0.25, 0.3) is 0 Å². The van der Waals surface area contributed by atoms with Gasteiger partial charge < -0.3 is 15.1 Å². The molecule has 2 aromatic rings. The molecule has 1 aliphatic carbocycles. The maximum absolute atomic E-state index is 13.0. The van der Waals surface area contributed by atoms with Gasteiger partial charge in [0.2, 0.25) is 0 Å². The molecule has 0 radical (unpaired) electrons. The highest BCUT2D eigenvalue weighted by Gasteiger charge is 2.42. The molecule has 0 aliphatic heterocycles. The van der Waals surface area contributed by atoms with Crippen molar-refractivity contribution in [3.63, 3.8) is 0 Å². The Balaban J connectivity index is 0.00000261. The number of hydrogen-bond acceptors (Lipinski definition) is 2. The van der Waals surface area contributed by atoms with E-state index in [9.17, 15) is 13.2 Å². The van der Waals surface area contributed by atoms with Crippen LogP contribution in [-0.2, 0) is 6.54 Å². The first-order valence-corrected chi connectivity index (χ1v) is 8.89. The fourth-order valence-electron chi connectivity index (χ4n) is 3.56. The Morgan fingerprint density at radius 1 is 1.26 bits per heavy atom. The van der Waals surface area contributed by atoms with Crippen LogP contribution < -0.4 is 10.6 Å². The average molecular weight is 495 g/mol. The molecular formula is C19H25F3IN3O. The van der Waals surface area contributed by atoms with E-state index in [1.807, 2.05) is 31.2 Å². The van der Waals surface area contributed by atoms with E-state index in [2.05, 4.69) is 15.6 Å². The van der Waals surface area contributed by atoms with E-state index in [0.717, 1.165) is 28.7 Å². The van der Waals surface area contributed by atoms with Gasteiger partial charge >= 0.3 is 6.18 Å². The summed E-state index contributed by atoms with van der Waals surface area (Å²) in [6.07, 6.45) is -2.53. The second kappa shape index (κ2) is 9.16. The largest absolute Gasteiger partial charge is 0.459 e. The lowest BCUT2D eigenvalue weighted by Gasteiger charge is -2.31. The Hall–Kier alpha value is -1.45. The molecule has 1 saturated carbocycles. The normalized spacial score (nSPS) is 21.0. The van der Waals surface area contributed by atoms with Crippen molar-refractivity contribution in [2.24, 2.45) is 10.9 Å². The third-order valence-electron chi connectivity index (χ3n) is 5.06. The summed E-state index contributed by atoms with van der Waals surface area (Å²) in [4.78, 5) is 4.14. The summed E-state index contributed by atoms with van der Waals surface area (Å²) in [7, 11) is 1.62. The number of rotatable bonds is 3. The van der Waals surface area contributed by atoms with Crippen LogP contribution in [0, 0.1) is 12.8 Å². The number of para-hydroxylation sites is 1. The van der Waals surface area contributed by atoms with Gasteiger partial charge in [-0.3, -0.25) is 4.99 Å². The van der Waals surface area contributed by atoms with Crippen LogP contribution in [0.2, 0.25) is 0 Å². The Labute approximate surface area is 174 Å². The number of nitrogens with one attached hydrogen (secondary N) is 2. The molecule has 1 fully saturated rings. The van der Waals surface area contributed by atoms with Crippen molar-refractivity contribution in [2.75, 3.05) is 7.05 Å². The number of furan rings is 1. The van der Waals surface area contributed by atoms with Crippen LogP contribution >= 0.6 is 24.0 Å². The highest BCUT2D eigenvalue weighted by atomic mass is 127. The summed E-state index contributed by atoms with van der Waals surface area (Å²) in [6, 6.07) is 7.58. The van der Waals surface area contributed by atoms with Gasteiger partial charge in [-0.2, -0.15) is 13.2 Å². The summed E-state index contributed by atoms with van der Waals surface area (Å²) in [6.45, 7) is 2.42. The first-order valence-electron chi connectivity index (χ1n) is 8.89. The smallest absolute Gasteiger partial charge is 0.391 e. The monoisotopic (exact) mass is 495 g/mol. The van der Waals surface area contributed by atoms with Crippen LogP contribution in [0.1, 0.15) is 37.0 Å². The van der Waals surface area contributed by atoms with Gasteiger partial charge in [-0.1, -0.05) is 24.6 Å². The summed E-state index contributed by atoms with van der Waals surface area (Å²) in [5.74, 6) is 0.0631. The van der Waals surface area contributed by atoms with Crippen LogP contribution in [0.15, 0.2) is 33.7 Å². The molecule has 2 N–H and O–H groups in total. The van der Waals surface area contributed by atoms with E-state index in [4.69, 9.17) is 4.42 Å². The SMILES string of the molecule is CN=C(NCc1oc2ccccc2c1C)NC1CCCC(C(F)(F)F)C1.I. The lowest BCUT2D eigenvalue weighted by atomic mass is 9.85. The van der Waals surface area contributed by atoms with Crippen LogP contribution in [0.5, 0.6) is 0 Å². The number of aryl methyl sites for hydroxylation is 1. The van der Waals surface area contributed by atoms with Gasteiger partial charge in [0.05, 0.1) is 12.5 Å². The molecular weight excluding hydrogens is 470 g/mol. The van der Waals surface area contributed by atoms with Crippen LogP contribution in [0.25, 0.3) is 11.0 Å². The predicted molar refractivity (Wildman–Crippen MR) is 112 cm³/mol. The molecule has 2 atom stereocenters. The van der Waals surface area contributed by atoms with E-state index in [1.165, 1.54) is 0 Å². The van der Waals surface area contributed by atoms with E-state index in [0.29, 0.717) is 18.9 Å². The highest BCUT2D eigenvalue weighted by Crippen LogP contribution is 2.37. The number of hydrogen-bond donors (Lipinski definition) is 2. The second-order valence-electron chi connectivity index (χ2n) is 6.82. The molecule has 1 aromatic heterocycles. The van der Waals surface area contributed by atoms with Crippen molar-refractivity contribution < 1.29 is 17.6 Å². The molecule has 1 aliphatic rings. The van der Waals surface area contributed by atoms with Crippen LogP contribution in [-0.4, -0.2) is 25.2 Å². The lowest BCUT2D eigenvalue weighted by molar-refractivity contribution is -0.183. The van der Waals surface area contributed by atoms with Crippen molar-refractivity contribution in [2.45, 2.75) is 51.4 Å². The lowest BCUT2D eigenvalue weighted by Crippen LogP contribution is -2.46. The van der Waals surface area contributed by atoms with Gasteiger partial charge in [-0.25, -0.2) is 0 Å². The Morgan fingerprint density at radius 2 is 2.00 bits per heavy atom. The first-order chi connectivity index (χ1) is 12.4. The number of benzene rings is 1. The standard InChI is InChI=1S/C19H24F3N3O.HI/c1-12-15-8-3-4-9-16(15)26-17(12)11-24-18(23-2)25-14-7-5-6-13(10-14)19(20,21)22;/h3-4,8-9,13-14H,5-7,10-11H2,1-2H3,(H2,23,24,25);1H. The van der Waals surface area contributed by atoms with E-state index in [1.54, 1.807) is 7.05 Å². The number of nitrogens with zero attached hydrogens (tertiary/aromatic N) is 1. The molecule has 8 heteroatoms. The minimum Gasteiger partial charge on any atom is -0.459 e. The average Bonchev–Trinajstić information content (AvgIpc) is 2.94. The van der Waals surface area contributed by atoms with Gasteiger partial charge in [-0.05, 0) is 32.3 Å². The van der Waals surface area contributed by atoms with Gasteiger partial charge in [0.1, 0.15) is 11.3 Å². The molecule has 0 bridgehead atoms. The summed E-state index contributed by atoms with van der Waals surface area (Å²) >= 11 is 0. The molecule has 1 heterocycles. The maximum atomic E-state index is 13.0. The zero-order valence-corrected chi connectivity index (χ0v) is 17.7. The zero-order chi connectivity index (χ0) is 18.7. The Kier molecular flexibility index (Phi) is 7.41. The van der Waals surface area contributed by atoms with Crippen molar-refractivity contribution in [1.82, 2.24) is 10.6 Å². The third kappa shape index (κ3) is 5.30. The van der Waals surface area contributed by atoms with Crippen LogP contribution in [0.4, 0.5) is 13.2 Å². The fourth-order valence-corrected chi connectivity index (χ4v) is 3.56. The topological polar surface area (TPSA) is 49.6 Å². The van der Waals surface area contributed by atoms with Gasteiger partial charge in [0, 0.05) is 24.0 Å². The Bertz CT molecular complexity index is 788. The van der Waals surface area contributed by atoms with Crippen LogP contribution in [0.3, 0.4) is 0 Å². The van der Waals surface area contributed by atoms with Crippen molar-refractivity contribution in [1.29, 1.82) is 0 Å². The predicted octanol–water partition coefficient (Wildman–Crippen LogP) is 5.15. The number of guanidine groups is 1. The summed E-state index contributed by atoms with van der Waals surface area (Å²) in [5, 5.41) is 7.34. The van der Waals surface area contributed by atoms with Crippen molar-refractivity contribution in [3.8, 4) is 0 Å². The quantitative estimate of drug-likeness (QED) is 0.352. The zero-order valence-electron chi connectivity index (χ0n) is 15.4. The molecule has 0 amide bonds. The highest BCUT2D eigenvalue weighted by molar-refractivity contribution is 14.0. The van der Waals surface area contributed by atoms with Crippen molar-refractivity contribution >= 4 is 40.9 Å². The maximum Gasteiger partial charge on any atom is 0.391 e. The molecule has 0 saturated heterocycles. The first kappa shape index (κ1) is 21.8. The summed E-state index contributed by atoms with van der Waals surface area (Å²) < 4.78 is 44.7. The third-order valence-corrected chi connectivity index (χ3v) is 5.06. The molecule has 3 rings (SSSR count). The number of fused-ring (bicyclic) bond motifs is 1. The molecule has 2 unspecified atom stereocenters. The molecule has 4 nitrogen and oxygen atoms in total. The number of halogens is 4. The minimum atomic E-state index is -4.12. The fraction of sp³-hybridized carbons (Fsp3) is 0.526. The number of aliphatic imine (C=N–C) groups is 1.